The van der Waals surface area contributed by atoms with Gasteiger partial charge in [0.1, 0.15) is 13.2 Å². The number of carbonyl (C=O) groups excluding carboxylic acids is 2. The Kier molecular flexibility index (Phi) is 68.6. The molecule has 0 aliphatic rings. The van der Waals surface area contributed by atoms with E-state index in [9.17, 15) is 19.5 Å². The van der Waals surface area contributed by atoms with E-state index in [1.807, 2.05) is 21.1 Å². The minimum atomic E-state index is -1.52. The molecule has 2 atom stereocenters. The van der Waals surface area contributed by atoms with Gasteiger partial charge in [-0.1, -0.05) is 329 Å². The summed E-state index contributed by atoms with van der Waals surface area (Å²) in [5.74, 6) is -2.00. The molecular formula is C82H144NO8+. The molecule has 91 heavy (non-hydrogen) atoms. The van der Waals surface area contributed by atoms with Gasteiger partial charge in [-0.15, -0.1) is 0 Å². The van der Waals surface area contributed by atoms with Crippen molar-refractivity contribution in [2.45, 2.75) is 347 Å². The topological polar surface area (TPSA) is 108 Å². The van der Waals surface area contributed by atoms with E-state index in [2.05, 4.69) is 123 Å². The Morgan fingerprint density at radius 2 is 0.626 bits per heavy atom. The number of carbonyl (C=O) groups is 3. The van der Waals surface area contributed by atoms with Gasteiger partial charge in [0.25, 0.3) is 6.29 Å². The second-order valence-electron chi connectivity index (χ2n) is 26.6. The number of hydrogen-bond acceptors (Lipinski definition) is 7. The van der Waals surface area contributed by atoms with Crippen LogP contribution in [0.3, 0.4) is 0 Å². The molecule has 0 aliphatic carbocycles. The van der Waals surface area contributed by atoms with Crippen molar-refractivity contribution >= 4 is 17.9 Å². The lowest BCUT2D eigenvalue weighted by atomic mass is 10.0. The maximum absolute atomic E-state index is 13.0. The minimum absolute atomic E-state index is 0.184. The number of hydrogen-bond donors (Lipinski definition) is 1. The first kappa shape index (κ1) is 87.0. The van der Waals surface area contributed by atoms with E-state index in [4.69, 9.17) is 18.9 Å². The van der Waals surface area contributed by atoms with Crippen LogP contribution in [0.25, 0.3) is 0 Å². The molecule has 0 aromatic rings. The highest BCUT2D eigenvalue weighted by molar-refractivity contribution is 5.71. The molecule has 0 fully saturated rings. The fourth-order valence-corrected chi connectivity index (χ4v) is 10.7. The highest BCUT2D eigenvalue weighted by Gasteiger charge is 2.25. The van der Waals surface area contributed by atoms with Crippen LogP contribution >= 0.6 is 0 Å². The van der Waals surface area contributed by atoms with Crippen LogP contribution in [0.1, 0.15) is 335 Å². The lowest BCUT2D eigenvalue weighted by Crippen LogP contribution is -2.40. The highest BCUT2D eigenvalue weighted by Crippen LogP contribution is 2.18. The molecule has 2 unspecified atom stereocenters. The van der Waals surface area contributed by atoms with Gasteiger partial charge in [0, 0.05) is 12.8 Å². The van der Waals surface area contributed by atoms with Crippen molar-refractivity contribution < 1.29 is 42.9 Å². The summed E-state index contributed by atoms with van der Waals surface area (Å²) < 4.78 is 23.0. The maximum Gasteiger partial charge on any atom is 0.361 e. The first-order valence-electron chi connectivity index (χ1n) is 38.1. The predicted octanol–water partition coefficient (Wildman–Crippen LogP) is 24.1. The monoisotopic (exact) mass is 1270 g/mol. The highest BCUT2D eigenvalue weighted by atomic mass is 16.7. The second kappa shape index (κ2) is 71.8. The third-order valence-corrected chi connectivity index (χ3v) is 16.5. The van der Waals surface area contributed by atoms with E-state index in [0.29, 0.717) is 23.9 Å². The Hall–Kier alpha value is -4.05. The van der Waals surface area contributed by atoms with Gasteiger partial charge in [-0.2, -0.15) is 0 Å². The molecule has 0 radical (unpaired) electrons. The number of esters is 2. The van der Waals surface area contributed by atoms with Gasteiger partial charge < -0.3 is 28.5 Å². The van der Waals surface area contributed by atoms with Gasteiger partial charge in [-0.25, -0.2) is 4.79 Å². The predicted molar refractivity (Wildman–Crippen MR) is 392 cm³/mol. The summed E-state index contributed by atoms with van der Waals surface area (Å²) in [5, 5.41) is 9.76. The average Bonchev–Trinajstić information content (AvgIpc) is 3.50. The number of aliphatic carboxylic acids is 1. The quantitative estimate of drug-likeness (QED) is 0.0211. The van der Waals surface area contributed by atoms with Crippen LogP contribution in [0.2, 0.25) is 0 Å². The first-order valence-corrected chi connectivity index (χ1v) is 38.1. The first-order chi connectivity index (χ1) is 44.6. The van der Waals surface area contributed by atoms with Crippen LogP contribution in [0.5, 0.6) is 0 Å². The van der Waals surface area contributed by atoms with Crippen molar-refractivity contribution in [2.75, 3.05) is 47.5 Å². The Bertz CT molecular complexity index is 1870. The van der Waals surface area contributed by atoms with Gasteiger partial charge in [-0.05, 0) is 103 Å². The zero-order chi connectivity index (χ0) is 66.1. The summed E-state index contributed by atoms with van der Waals surface area (Å²) in [7, 11) is 5.98. The number of unbranched alkanes of at least 4 members (excludes halogenated alkanes) is 37. The molecule has 0 saturated heterocycles. The average molecular weight is 1270 g/mol. The molecule has 0 amide bonds. The molecule has 524 valence electrons. The normalized spacial score (nSPS) is 13.3. The zero-order valence-electron chi connectivity index (χ0n) is 60.0. The Morgan fingerprint density at radius 1 is 0.341 bits per heavy atom. The van der Waals surface area contributed by atoms with Crippen LogP contribution < -0.4 is 0 Å². The number of rotatable bonds is 70. The Balaban J connectivity index is 4.09. The van der Waals surface area contributed by atoms with Crippen molar-refractivity contribution in [3.8, 4) is 0 Å². The van der Waals surface area contributed by atoms with Gasteiger partial charge in [0.15, 0.2) is 6.10 Å². The van der Waals surface area contributed by atoms with Gasteiger partial charge in [-0.3, -0.25) is 9.59 Å². The third-order valence-electron chi connectivity index (χ3n) is 16.5. The molecule has 0 rings (SSSR count). The molecule has 0 bridgehead atoms. The van der Waals surface area contributed by atoms with E-state index in [1.165, 1.54) is 212 Å². The molecule has 9 nitrogen and oxygen atoms in total. The van der Waals surface area contributed by atoms with Crippen molar-refractivity contribution in [3.63, 3.8) is 0 Å². The summed E-state index contributed by atoms with van der Waals surface area (Å²) in [6.45, 7) is 4.80. The number of carboxylic acids is 1. The van der Waals surface area contributed by atoms with Crippen molar-refractivity contribution in [1.29, 1.82) is 0 Å². The third kappa shape index (κ3) is 73.2. The second-order valence-corrected chi connectivity index (χ2v) is 26.6. The van der Waals surface area contributed by atoms with Crippen LogP contribution in [-0.4, -0.2) is 87.4 Å². The van der Waals surface area contributed by atoms with Crippen molar-refractivity contribution in [1.82, 2.24) is 0 Å². The van der Waals surface area contributed by atoms with E-state index >= 15 is 0 Å². The number of likely N-dealkylation sites (N-methyl/N-ethyl adjacent to an activating group) is 1. The Labute approximate surface area is 562 Å². The summed E-state index contributed by atoms with van der Waals surface area (Å²) in [4.78, 5) is 37.7. The number of carboxylic acid groups (broad SMARTS) is 1. The summed E-state index contributed by atoms with van der Waals surface area (Å²) in [6.07, 6.45) is 97.9. The van der Waals surface area contributed by atoms with Gasteiger partial charge >= 0.3 is 17.9 Å². The molecule has 1 N–H and O–H groups in total. The van der Waals surface area contributed by atoms with E-state index in [0.717, 1.165) is 89.9 Å². The SMILES string of the molecule is CC/C=C\C/C=C\C/C=C\C/C=C\C/C=C\C/C=C\C/C=C\C/C=C\CCCCCCCCCCCCCCC(=O)OC(COC(=O)CCCCCCCCCCCCCCCCCCC/C=C\CCCCCCCCCC)COC(OCC[N+](C)(C)C)C(=O)O. The molecule has 0 saturated carbocycles. The fourth-order valence-electron chi connectivity index (χ4n) is 10.7. The number of quaternary nitrogens is 1. The van der Waals surface area contributed by atoms with Crippen LogP contribution in [0.4, 0.5) is 0 Å². The number of allylic oxidation sites excluding steroid dienone is 18. The molecule has 0 spiro atoms. The lowest BCUT2D eigenvalue weighted by Gasteiger charge is -2.25. The Morgan fingerprint density at radius 3 is 0.945 bits per heavy atom. The molecular weight excluding hydrogens is 1130 g/mol. The summed E-state index contributed by atoms with van der Waals surface area (Å²) >= 11 is 0. The molecule has 0 aliphatic heterocycles. The van der Waals surface area contributed by atoms with Crippen LogP contribution in [-0.2, 0) is 33.3 Å². The lowest BCUT2D eigenvalue weighted by molar-refractivity contribution is -0.870. The van der Waals surface area contributed by atoms with Crippen LogP contribution in [0.15, 0.2) is 109 Å². The fraction of sp³-hybridized carbons (Fsp3) is 0.744. The standard InChI is InChI=1S/C82H143NO8/c1-6-8-10-12-14-16-18-20-22-24-26-28-30-32-34-36-37-38-39-40-41-42-43-45-47-49-51-53-55-57-59-61-63-65-67-69-71-73-80(85)91-78(77-90-82(81(86)87)88-75-74-83(3,4)5)76-89-79(84)72-70-68-66-64-62-60-58-56-54-52-50-48-46-44-35-33-31-29-27-25-23-21-19-17-15-13-11-9-7-2/h8,10,14,16,20,22,25-28,32,34,37-38,40-41,43,45,78,82H,6-7,9,11-13,15,17-19,21,23-24,29-31,33,35-36,39,42,44,46-77H2,1-5H3/p+1/b10-8-,16-14-,22-20-,27-25-,28-26-,34-32-,38-37-,41-40-,45-43-. The van der Waals surface area contributed by atoms with Gasteiger partial charge in [0.05, 0.1) is 34.4 Å². The van der Waals surface area contributed by atoms with E-state index < -0.39 is 24.3 Å². The molecule has 0 heterocycles. The molecule has 0 aromatic heterocycles. The minimum Gasteiger partial charge on any atom is -0.477 e. The molecule has 9 heteroatoms. The van der Waals surface area contributed by atoms with Gasteiger partial charge in [0.2, 0.25) is 0 Å². The maximum atomic E-state index is 13.0. The van der Waals surface area contributed by atoms with Crippen LogP contribution in [0, 0.1) is 0 Å². The largest absolute Gasteiger partial charge is 0.477 e. The zero-order valence-corrected chi connectivity index (χ0v) is 60.0. The summed E-state index contributed by atoms with van der Waals surface area (Å²) in [5.41, 5.74) is 0. The number of ether oxygens (including phenoxy) is 4. The summed E-state index contributed by atoms with van der Waals surface area (Å²) in [6, 6.07) is 0. The van der Waals surface area contributed by atoms with Crippen molar-refractivity contribution in [2.24, 2.45) is 0 Å². The molecule has 0 aromatic carbocycles. The van der Waals surface area contributed by atoms with E-state index in [1.54, 1.807) is 0 Å². The number of nitrogens with zero attached hydrogens (tertiary/aromatic N) is 1. The smallest absolute Gasteiger partial charge is 0.361 e. The van der Waals surface area contributed by atoms with E-state index in [-0.39, 0.29) is 32.2 Å². The van der Waals surface area contributed by atoms with Crippen molar-refractivity contribution in [3.05, 3.63) is 109 Å².